The van der Waals surface area contributed by atoms with Crippen LogP contribution in [0.5, 0.6) is 0 Å². The zero-order valence-electron chi connectivity index (χ0n) is 10.3. The van der Waals surface area contributed by atoms with E-state index in [0.717, 1.165) is 5.56 Å². The van der Waals surface area contributed by atoms with Crippen LogP contribution in [0.4, 0.5) is 0 Å². The summed E-state index contributed by atoms with van der Waals surface area (Å²) in [6, 6.07) is 5.29. The summed E-state index contributed by atoms with van der Waals surface area (Å²) in [5.74, 6) is -0.858. The van der Waals surface area contributed by atoms with Crippen molar-refractivity contribution in [3.05, 3.63) is 29.7 Å². The average molecular weight is 249 g/mol. The highest BCUT2D eigenvalue weighted by Gasteiger charge is 2.20. The molecule has 2 aromatic rings. The molecule has 2 rings (SSSR count). The van der Waals surface area contributed by atoms with Crippen LogP contribution < -0.4 is 0 Å². The van der Waals surface area contributed by atoms with E-state index < -0.39 is 11.9 Å². The first-order chi connectivity index (χ1) is 8.61. The van der Waals surface area contributed by atoms with Crippen molar-refractivity contribution in [2.24, 2.45) is 0 Å². The molecule has 5 nitrogen and oxygen atoms in total. The van der Waals surface area contributed by atoms with Gasteiger partial charge < -0.3 is 14.3 Å². The average Bonchev–Trinajstić information content (AvgIpc) is 2.68. The Labute approximate surface area is 104 Å². The molecule has 0 aliphatic carbocycles. The second-order valence-electron chi connectivity index (χ2n) is 4.13. The van der Waals surface area contributed by atoms with Crippen LogP contribution in [0.25, 0.3) is 11.1 Å². The van der Waals surface area contributed by atoms with E-state index in [9.17, 15) is 9.90 Å². The van der Waals surface area contributed by atoms with E-state index in [1.165, 1.54) is 0 Å². The molecule has 1 atom stereocenters. The van der Waals surface area contributed by atoms with Gasteiger partial charge in [0.15, 0.2) is 11.5 Å². The fraction of sp³-hybridized carbons (Fsp3) is 0.385. The molecule has 5 heteroatoms. The predicted molar refractivity (Wildman–Crippen MR) is 65.6 cm³/mol. The second kappa shape index (κ2) is 5.18. The zero-order chi connectivity index (χ0) is 13.1. The quantitative estimate of drug-likeness (QED) is 0.880. The van der Waals surface area contributed by atoms with Crippen LogP contribution >= 0.6 is 0 Å². The molecule has 0 aliphatic heterocycles. The number of fused-ring (bicyclic) bond motifs is 1. The summed E-state index contributed by atoms with van der Waals surface area (Å²) in [7, 11) is 1.56. The maximum atomic E-state index is 11.2. The molecule has 1 unspecified atom stereocenters. The molecule has 0 spiro atoms. The topological polar surface area (TPSA) is 72.6 Å². The molecule has 0 aliphatic rings. The molecule has 1 aromatic carbocycles. The van der Waals surface area contributed by atoms with Gasteiger partial charge in [-0.3, -0.25) is 4.79 Å². The standard InChI is InChI=1S/C13H15NO4/c1-8-14-11-7-9(3-4-12(11)18-8)10(13(15)16)5-6-17-2/h3-4,7,10H,5-6H2,1-2H3,(H,15,16). The molecule has 0 saturated carbocycles. The lowest BCUT2D eigenvalue weighted by molar-refractivity contribution is -0.139. The number of aliphatic carboxylic acids is 1. The molecule has 1 aromatic heterocycles. The number of hydrogen-bond acceptors (Lipinski definition) is 4. The molecule has 0 saturated heterocycles. The maximum absolute atomic E-state index is 11.2. The Morgan fingerprint density at radius 1 is 1.56 bits per heavy atom. The van der Waals surface area contributed by atoms with Crippen LogP contribution in [-0.4, -0.2) is 29.8 Å². The Bertz CT molecular complexity index is 561. The Morgan fingerprint density at radius 3 is 3.00 bits per heavy atom. The molecule has 1 heterocycles. The van der Waals surface area contributed by atoms with Crippen molar-refractivity contribution < 1.29 is 19.1 Å². The van der Waals surface area contributed by atoms with E-state index in [2.05, 4.69) is 4.98 Å². The highest BCUT2D eigenvalue weighted by molar-refractivity contribution is 5.80. The number of aryl methyl sites for hydroxylation is 1. The summed E-state index contributed by atoms with van der Waals surface area (Å²) in [5.41, 5.74) is 2.08. The Hall–Kier alpha value is -1.88. The summed E-state index contributed by atoms with van der Waals surface area (Å²) < 4.78 is 10.3. The number of hydrogen-bond donors (Lipinski definition) is 1. The number of nitrogens with zero attached hydrogens (tertiary/aromatic N) is 1. The molecule has 0 bridgehead atoms. The smallest absolute Gasteiger partial charge is 0.311 e. The van der Waals surface area contributed by atoms with Crippen molar-refractivity contribution in [1.82, 2.24) is 4.98 Å². The number of rotatable bonds is 5. The van der Waals surface area contributed by atoms with Gasteiger partial charge in [0.2, 0.25) is 0 Å². The molecule has 18 heavy (non-hydrogen) atoms. The number of carbonyl (C=O) groups is 1. The number of carboxylic acid groups (broad SMARTS) is 1. The van der Waals surface area contributed by atoms with Crippen LogP contribution in [0.15, 0.2) is 22.6 Å². The monoisotopic (exact) mass is 249 g/mol. The molecule has 1 N–H and O–H groups in total. The van der Waals surface area contributed by atoms with Crippen molar-refractivity contribution in [3.8, 4) is 0 Å². The van der Waals surface area contributed by atoms with Crippen LogP contribution in [0.1, 0.15) is 23.8 Å². The zero-order valence-corrected chi connectivity index (χ0v) is 10.3. The van der Waals surface area contributed by atoms with Gasteiger partial charge in [-0.15, -0.1) is 0 Å². The third-order valence-electron chi connectivity index (χ3n) is 2.83. The first-order valence-corrected chi connectivity index (χ1v) is 5.70. The van der Waals surface area contributed by atoms with Crippen molar-refractivity contribution in [2.75, 3.05) is 13.7 Å². The highest BCUT2D eigenvalue weighted by Crippen LogP contribution is 2.24. The Kier molecular flexibility index (Phi) is 3.62. The van der Waals surface area contributed by atoms with Gasteiger partial charge in [0, 0.05) is 20.6 Å². The minimum atomic E-state index is -0.855. The van der Waals surface area contributed by atoms with Gasteiger partial charge in [-0.25, -0.2) is 4.98 Å². The number of methoxy groups -OCH3 is 1. The van der Waals surface area contributed by atoms with Crippen LogP contribution in [0, 0.1) is 6.92 Å². The van der Waals surface area contributed by atoms with Crippen molar-refractivity contribution >= 4 is 17.1 Å². The summed E-state index contributed by atoms with van der Waals surface area (Å²) in [5, 5.41) is 9.23. The second-order valence-corrected chi connectivity index (χ2v) is 4.13. The molecule has 0 amide bonds. The fourth-order valence-electron chi connectivity index (χ4n) is 1.94. The first-order valence-electron chi connectivity index (χ1n) is 5.70. The van der Waals surface area contributed by atoms with E-state index in [0.29, 0.717) is 30.0 Å². The lowest BCUT2D eigenvalue weighted by Gasteiger charge is -2.11. The van der Waals surface area contributed by atoms with Crippen LogP contribution in [0.2, 0.25) is 0 Å². The van der Waals surface area contributed by atoms with E-state index in [1.54, 1.807) is 32.2 Å². The Morgan fingerprint density at radius 2 is 2.33 bits per heavy atom. The number of ether oxygens (including phenoxy) is 1. The van der Waals surface area contributed by atoms with Gasteiger partial charge in [-0.05, 0) is 24.1 Å². The SMILES string of the molecule is COCCC(C(=O)O)c1ccc2oc(C)nc2c1. The summed E-state index contributed by atoms with van der Waals surface area (Å²) >= 11 is 0. The van der Waals surface area contributed by atoms with Gasteiger partial charge >= 0.3 is 5.97 Å². The van der Waals surface area contributed by atoms with Gasteiger partial charge in [0.1, 0.15) is 5.52 Å². The number of carboxylic acids is 1. The van der Waals surface area contributed by atoms with E-state index >= 15 is 0 Å². The predicted octanol–water partition coefficient (Wildman–Crippen LogP) is 2.34. The normalized spacial score (nSPS) is 12.8. The van der Waals surface area contributed by atoms with Gasteiger partial charge in [-0.2, -0.15) is 0 Å². The van der Waals surface area contributed by atoms with Gasteiger partial charge in [0.25, 0.3) is 0 Å². The number of oxazole rings is 1. The van der Waals surface area contributed by atoms with Gasteiger partial charge in [-0.1, -0.05) is 6.07 Å². The van der Waals surface area contributed by atoms with Crippen LogP contribution in [-0.2, 0) is 9.53 Å². The van der Waals surface area contributed by atoms with E-state index in [4.69, 9.17) is 9.15 Å². The molecular weight excluding hydrogens is 234 g/mol. The number of benzene rings is 1. The third kappa shape index (κ3) is 2.51. The minimum Gasteiger partial charge on any atom is -0.481 e. The largest absolute Gasteiger partial charge is 0.481 e. The van der Waals surface area contributed by atoms with E-state index in [1.807, 2.05) is 0 Å². The van der Waals surface area contributed by atoms with Crippen LogP contribution in [0.3, 0.4) is 0 Å². The van der Waals surface area contributed by atoms with Crippen molar-refractivity contribution in [3.63, 3.8) is 0 Å². The summed E-state index contributed by atoms with van der Waals surface area (Å²) in [4.78, 5) is 15.5. The van der Waals surface area contributed by atoms with Gasteiger partial charge in [0.05, 0.1) is 5.92 Å². The minimum absolute atomic E-state index is 0.410. The molecule has 96 valence electrons. The molecule has 0 fully saturated rings. The van der Waals surface area contributed by atoms with Crippen molar-refractivity contribution in [2.45, 2.75) is 19.3 Å². The molecular formula is C13H15NO4. The summed E-state index contributed by atoms with van der Waals surface area (Å²) in [6.45, 7) is 2.17. The maximum Gasteiger partial charge on any atom is 0.311 e. The third-order valence-corrected chi connectivity index (χ3v) is 2.83. The van der Waals surface area contributed by atoms with E-state index in [-0.39, 0.29) is 0 Å². The lowest BCUT2D eigenvalue weighted by Crippen LogP contribution is -2.13. The highest BCUT2D eigenvalue weighted by atomic mass is 16.5. The number of aromatic nitrogens is 1. The summed E-state index contributed by atoms with van der Waals surface area (Å²) in [6.07, 6.45) is 0.439. The first kappa shape index (κ1) is 12.6. The fourth-order valence-corrected chi connectivity index (χ4v) is 1.94. The Balaban J connectivity index is 2.34. The molecule has 0 radical (unpaired) electrons. The van der Waals surface area contributed by atoms with Crippen molar-refractivity contribution in [1.29, 1.82) is 0 Å². The lowest BCUT2D eigenvalue weighted by atomic mass is 9.96.